The van der Waals surface area contributed by atoms with E-state index in [4.69, 9.17) is 4.52 Å². The number of anilines is 1. The fourth-order valence-corrected chi connectivity index (χ4v) is 4.24. The number of H-pyrrole nitrogens is 1. The number of halogens is 3. The topological polar surface area (TPSA) is 157 Å². The van der Waals surface area contributed by atoms with Crippen LogP contribution in [0.5, 0.6) is 0 Å². The first-order valence-electron chi connectivity index (χ1n) is 12.9. The van der Waals surface area contributed by atoms with Gasteiger partial charge >= 0.3 is 18.0 Å². The first-order valence-corrected chi connectivity index (χ1v) is 12.9. The van der Waals surface area contributed by atoms with Crippen molar-refractivity contribution in [3.8, 4) is 22.6 Å². The Morgan fingerprint density at radius 2 is 1.93 bits per heavy atom. The molecule has 43 heavy (non-hydrogen) atoms. The van der Waals surface area contributed by atoms with E-state index in [9.17, 15) is 22.8 Å². The maximum Gasteiger partial charge on any atom is 0.416 e. The van der Waals surface area contributed by atoms with Gasteiger partial charge in [-0.1, -0.05) is 44.6 Å². The third-order valence-electron chi connectivity index (χ3n) is 6.35. The number of hydrogen-bond acceptors (Lipinski definition) is 8. The number of alkyl halides is 3. The van der Waals surface area contributed by atoms with E-state index in [-0.39, 0.29) is 28.5 Å². The van der Waals surface area contributed by atoms with Crippen molar-refractivity contribution in [3.63, 3.8) is 0 Å². The van der Waals surface area contributed by atoms with Gasteiger partial charge in [-0.2, -0.15) is 23.3 Å². The Kier molecular flexibility index (Phi) is 7.33. The van der Waals surface area contributed by atoms with Crippen molar-refractivity contribution >= 4 is 28.7 Å². The molecule has 0 bridgehead atoms. The second kappa shape index (κ2) is 10.8. The number of aryl methyl sites for hydroxylation is 1. The lowest BCUT2D eigenvalue weighted by Gasteiger charge is -2.15. The van der Waals surface area contributed by atoms with Crippen LogP contribution >= 0.6 is 0 Å². The molecule has 4 aromatic heterocycles. The van der Waals surface area contributed by atoms with Crippen molar-refractivity contribution in [1.29, 1.82) is 0 Å². The lowest BCUT2D eigenvalue weighted by Crippen LogP contribution is -2.25. The Bertz CT molecular complexity index is 1860. The monoisotopic (exact) mass is 593 g/mol. The fourth-order valence-electron chi connectivity index (χ4n) is 4.24. The second-order valence-corrected chi connectivity index (χ2v) is 10.6. The summed E-state index contributed by atoms with van der Waals surface area (Å²) >= 11 is 0. The highest BCUT2D eigenvalue weighted by molar-refractivity contribution is 6.01. The Hall–Kier alpha value is -5.34. The number of aromatic nitrogens is 7. The van der Waals surface area contributed by atoms with Crippen molar-refractivity contribution in [1.82, 2.24) is 40.2 Å². The SMILES string of the molecule is C=CC(=O)Nc1cn(C)nc1-c1nc2nccc(-c3ccc(CNC(=O)c4nc(C(C)(C)C)no4)c(C(F)(F)F)c3)c2[nH]1. The molecule has 0 aliphatic rings. The van der Waals surface area contributed by atoms with Gasteiger partial charge in [-0.15, -0.1) is 0 Å². The van der Waals surface area contributed by atoms with Gasteiger partial charge in [-0.05, 0) is 29.3 Å². The molecule has 15 heteroatoms. The summed E-state index contributed by atoms with van der Waals surface area (Å²) in [5, 5.41) is 13.2. The molecule has 0 aliphatic carbocycles. The molecule has 0 radical (unpaired) electrons. The molecule has 0 saturated carbocycles. The number of nitrogens with zero attached hydrogens (tertiary/aromatic N) is 6. The summed E-state index contributed by atoms with van der Waals surface area (Å²) < 4.78 is 49.1. The number of carbonyl (C=O) groups excluding carboxylic acids is 2. The van der Waals surface area contributed by atoms with Crippen molar-refractivity contribution < 1.29 is 27.3 Å². The van der Waals surface area contributed by atoms with Crippen LogP contribution in [0.1, 0.15) is 48.4 Å². The highest BCUT2D eigenvalue weighted by Crippen LogP contribution is 2.37. The molecule has 12 nitrogen and oxygen atoms in total. The lowest BCUT2D eigenvalue weighted by atomic mass is 9.96. The van der Waals surface area contributed by atoms with Crippen LogP contribution in [-0.2, 0) is 30.0 Å². The summed E-state index contributed by atoms with van der Waals surface area (Å²) in [6.07, 6.45) is -0.611. The molecule has 1 aromatic carbocycles. The zero-order valence-electron chi connectivity index (χ0n) is 23.5. The number of fused-ring (bicyclic) bond motifs is 1. The van der Waals surface area contributed by atoms with E-state index >= 15 is 0 Å². The molecule has 0 atom stereocenters. The van der Waals surface area contributed by atoms with E-state index < -0.39 is 35.5 Å². The number of pyridine rings is 1. The van der Waals surface area contributed by atoms with Crippen molar-refractivity contribution in [3.05, 3.63) is 72.2 Å². The number of carbonyl (C=O) groups is 2. The molecule has 5 rings (SSSR count). The summed E-state index contributed by atoms with van der Waals surface area (Å²) in [6.45, 7) is 8.50. The predicted molar refractivity (Wildman–Crippen MR) is 150 cm³/mol. The van der Waals surface area contributed by atoms with E-state index in [1.54, 1.807) is 19.3 Å². The number of amides is 2. The van der Waals surface area contributed by atoms with Gasteiger partial charge in [0.15, 0.2) is 23.0 Å². The smallest absolute Gasteiger partial charge is 0.344 e. The molecule has 5 aromatic rings. The van der Waals surface area contributed by atoms with Crippen LogP contribution in [0.25, 0.3) is 33.8 Å². The molecular formula is C28H26F3N9O3. The molecular weight excluding hydrogens is 567 g/mol. The van der Waals surface area contributed by atoms with Crippen LogP contribution in [-0.4, -0.2) is 46.7 Å². The molecule has 0 saturated heterocycles. The Morgan fingerprint density at radius 1 is 1.16 bits per heavy atom. The van der Waals surface area contributed by atoms with E-state index in [2.05, 4.69) is 47.4 Å². The van der Waals surface area contributed by atoms with Crippen LogP contribution < -0.4 is 10.6 Å². The summed E-state index contributed by atoms with van der Waals surface area (Å²) in [5.74, 6) is -1.04. The number of imidazole rings is 1. The number of benzene rings is 1. The Morgan fingerprint density at radius 3 is 2.60 bits per heavy atom. The number of nitrogens with one attached hydrogen (secondary N) is 3. The molecule has 0 aliphatic heterocycles. The van der Waals surface area contributed by atoms with Gasteiger partial charge in [0.25, 0.3) is 0 Å². The quantitative estimate of drug-likeness (QED) is 0.228. The van der Waals surface area contributed by atoms with Gasteiger partial charge in [-0.25, -0.2) is 9.97 Å². The minimum atomic E-state index is -4.72. The summed E-state index contributed by atoms with van der Waals surface area (Å²) in [4.78, 5) is 40.2. The third kappa shape index (κ3) is 6.00. The van der Waals surface area contributed by atoms with Gasteiger partial charge in [-0.3, -0.25) is 14.3 Å². The zero-order valence-corrected chi connectivity index (χ0v) is 23.5. The highest BCUT2D eigenvalue weighted by atomic mass is 19.4. The van der Waals surface area contributed by atoms with Gasteiger partial charge in [0.1, 0.15) is 0 Å². The average Bonchev–Trinajstić information content (AvgIpc) is 3.69. The Labute approximate surface area is 242 Å². The maximum absolute atomic E-state index is 14.2. The summed E-state index contributed by atoms with van der Waals surface area (Å²) in [5.41, 5.74) is 0.324. The van der Waals surface area contributed by atoms with E-state index in [0.717, 1.165) is 12.1 Å². The second-order valence-electron chi connectivity index (χ2n) is 10.6. The predicted octanol–water partition coefficient (Wildman–Crippen LogP) is 4.78. The fraction of sp³-hybridized carbons (Fsp3) is 0.250. The van der Waals surface area contributed by atoms with Crippen LogP contribution in [0.15, 0.2) is 53.8 Å². The molecule has 0 spiro atoms. The van der Waals surface area contributed by atoms with Crippen molar-refractivity contribution in [2.45, 2.75) is 38.9 Å². The van der Waals surface area contributed by atoms with Crippen molar-refractivity contribution in [2.24, 2.45) is 7.05 Å². The maximum atomic E-state index is 14.2. The minimum Gasteiger partial charge on any atom is -0.344 e. The first-order chi connectivity index (χ1) is 20.2. The minimum absolute atomic E-state index is 0.160. The van der Waals surface area contributed by atoms with Gasteiger partial charge in [0.05, 0.1) is 16.8 Å². The van der Waals surface area contributed by atoms with Crippen LogP contribution in [0, 0.1) is 0 Å². The third-order valence-corrected chi connectivity index (χ3v) is 6.35. The number of rotatable bonds is 7. The standard InChI is InChI=1S/C28H26F3N9O3/c1-6-19(41)34-18-13-40(5)38-21(18)23-35-20-16(9-10-32-22(20)36-23)14-7-8-15(17(11-14)28(29,30)31)12-33-24(42)25-37-26(39-43-25)27(2,3)4/h6-11,13H,1,12H2,2-5H3,(H,33,42)(H,34,41)(H,32,35,36). The summed E-state index contributed by atoms with van der Waals surface area (Å²) in [6, 6.07) is 5.35. The van der Waals surface area contributed by atoms with E-state index in [1.165, 1.54) is 23.0 Å². The normalized spacial score (nSPS) is 12.0. The van der Waals surface area contributed by atoms with E-state index in [1.807, 2.05) is 20.8 Å². The van der Waals surface area contributed by atoms with Gasteiger partial charge in [0.2, 0.25) is 5.91 Å². The summed E-state index contributed by atoms with van der Waals surface area (Å²) in [7, 11) is 1.66. The highest BCUT2D eigenvalue weighted by Gasteiger charge is 2.34. The molecule has 4 heterocycles. The molecule has 2 amide bonds. The number of hydrogen-bond donors (Lipinski definition) is 3. The molecule has 222 valence electrons. The first kappa shape index (κ1) is 29.2. The van der Waals surface area contributed by atoms with Crippen molar-refractivity contribution in [2.75, 3.05) is 5.32 Å². The number of aromatic amines is 1. The molecule has 0 fully saturated rings. The van der Waals surface area contributed by atoms with Crippen LogP contribution in [0.2, 0.25) is 0 Å². The zero-order chi connectivity index (χ0) is 31.1. The van der Waals surface area contributed by atoms with Crippen LogP contribution in [0.3, 0.4) is 0 Å². The lowest BCUT2D eigenvalue weighted by molar-refractivity contribution is -0.138. The largest absolute Gasteiger partial charge is 0.416 e. The van der Waals surface area contributed by atoms with E-state index in [0.29, 0.717) is 28.3 Å². The van der Waals surface area contributed by atoms with Gasteiger partial charge in [0, 0.05) is 37.0 Å². The van der Waals surface area contributed by atoms with Crippen LogP contribution in [0.4, 0.5) is 18.9 Å². The van der Waals surface area contributed by atoms with Gasteiger partial charge < -0.3 is 20.1 Å². The Balaban J connectivity index is 1.47. The molecule has 0 unspecified atom stereocenters. The molecule has 3 N–H and O–H groups in total. The average molecular weight is 594 g/mol.